The van der Waals surface area contributed by atoms with Crippen LogP contribution in [0.5, 0.6) is 5.75 Å². The van der Waals surface area contributed by atoms with Crippen molar-refractivity contribution in [1.29, 1.82) is 0 Å². The van der Waals surface area contributed by atoms with Gasteiger partial charge < -0.3 is 5.11 Å². The second-order valence-corrected chi connectivity index (χ2v) is 5.10. The molecule has 2 aromatic carbocycles. The average Bonchev–Trinajstić information content (AvgIpc) is 2.93. The molecule has 0 atom stereocenters. The summed E-state index contributed by atoms with van der Waals surface area (Å²) in [6, 6.07) is 14.8. The van der Waals surface area contributed by atoms with Crippen LogP contribution in [0.25, 0.3) is 27.9 Å². The molecule has 1 N–H and O–H groups in total. The molecule has 2 aromatic heterocycles. The summed E-state index contributed by atoms with van der Waals surface area (Å²) in [4.78, 5) is 8.72. The van der Waals surface area contributed by atoms with E-state index in [1.807, 2.05) is 34.7 Å². The monoisotopic (exact) mass is 295 g/mol. The molecule has 0 bridgehead atoms. The van der Waals surface area contributed by atoms with Crippen molar-refractivity contribution in [2.75, 3.05) is 0 Å². The molecular weight excluding hydrogens is 286 g/mol. The first-order valence-corrected chi connectivity index (χ1v) is 6.83. The molecule has 0 aliphatic heterocycles. The molecule has 0 amide bonds. The topological polar surface area (TPSA) is 50.4 Å². The van der Waals surface area contributed by atoms with E-state index in [9.17, 15) is 5.11 Å². The molecule has 102 valence electrons. The lowest BCUT2D eigenvalue weighted by atomic mass is 10.1. The van der Waals surface area contributed by atoms with E-state index in [4.69, 9.17) is 11.6 Å². The summed E-state index contributed by atoms with van der Waals surface area (Å²) in [5, 5.41) is 10.0. The van der Waals surface area contributed by atoms with Crippen molar-refractivity contribution in [3.63, 3.8) is 0 Å². The molecule has 4 rings (SSSR count). The first-order valence-electron chi connectivity index (χ1n) is 6.45. The van der Waals surface area contributed by atoms with Gasteiger partial charge in [-0.15, -0.1) is 0 Å². The minimum Gasteiger partial charge on any atom is -0.508 e. The number of phenolic OH excluding ortho intramolecular Hbond substituents is 1. The number of hydrogen-bond donors (Lipinski definition) is 1. The Labute approximate surface area is 125 Å². The predicted molar refractivity (Wildman–Crippen MR) is 82.6 cm³/mol. The molecule has 0 radical (unpaired) electrons. The maximum atomic E-state index is 9.68. The number of rotatable bonds is 1. The van der Waals surface area contributed by atoms with Gasteiger partial charge in [0, 0.05) is 5.56 Å². The normalized spacial score (nSPS) is 11.3. The van der Waals surface area contributed by atoms with Gasteiger partial charge in [-0.3, -0.25) is 4.40 Å². The van der Waals surface area contributed by atoms with Crippen LogP contribution in [-0.2, 0) is 0 Å². The Hall–Kier alpha value is -2.59. The lowest BCUT2D eigenvalue weighted by Crippen LogP contribution is -1.94. The number of nitrogens with zero attached hydrogens (tertiary/aromatic N) is 3. The van der Waals surface area contributed by atoms with Crippen molar-refractivity contribution in [1.82, 2.24) is 14.4 Å². The number of fused-ring (bicyclic) bond motifs is 3. The summed E-state index contributed by atoms with van der Waals surface area (Å²) in [6.45, 7) is 0. The molecule has 0 spiro atoms. The summed E-state index contributed by atoms with van der Waals surface area (Å²) in [7, 11) is 0. The number of benzene rings is 2. The summed E-state index contributed by atoms with van der Waals surface area (Å²) in [6.07, 6.45) is 1.74. The maximum Gasteiger partial charge on any atom is 0.175 e. The quantitative estimate of drug-likeness (QED) is 0.579. The van der Waals surface area contributed by atoms with Gasteiger partial charge in [0.25, 0.3) is 0 Å². The van der Waals surface area contributed by atoms with Crippen LogP contribution in [-0.4, -0.2) is 19.5 Å². The van der Waals surface area contributed by atoms with Gasteiger partial charge in [-0.2, -0.15) is 0 Å². The number of imidazole rings is 1. The van der Waals surface area contributed by atoms with Crippen LogP contribution < -0.4 is 0 Å². The van der Waals surface area contributed by atoms with Crippen LogP contribution >= 0.6 is 11.6 Å². The van der Waals surface area contributed by atoms with Crippen molar-refractivity contribution >= 4 is 28.3 Å². The van der Waals surface area contributed by atoms with Crippen molar-refractivity contribution in [3.05, 3.63) is 59.9 Å². The lowest BCUT2D eigenvalue weighted by Gasteiger charge is -2.07. The van der Waals surface area contributed by atoms with E-state index in [0.29, 0.717) is 10.8 Å². The predicted octanol–water partition coefficient (Wildman–Crippen LogP) is 3.91. The van der Waals surface area contributed by atoms with Gasteiger partial charge >= 0.3 is 0 Å². The van der Waals surface area contributed by atoms with Crippen molar-refractivity contribution in [2.45, 2.75) is 0 Å². The SMILES string of the molecule is Oc1cccc(-c2cnc3c(Cl)nc4ccccc4n23)c1. The Kier molecular flexibility index (Phi) is 2.59. The minimum atomic E-state index is 0.215. The molecule has 5 heteroatoms. The standard InChI is InChI=1S/C16H10ClN3O/c17-15-16-18-9-14(10-4-3-5-11(21)8-10)20(16)13-7-2-1-6-12(13)19-15/h1-9,21H. The van der Waals surface area contributed by atoms with Gasteiger partial charge in [0.15, 0.2) is 10.8 Å². The zero-order chi connectivity index (χ0) is 14.4. The van der Waals surface area contributed by atoms with E-state index < -0.39 is 0 Å². The highest BCUT2D eigenvalue weighted by molar-refractivity contribution is 6.32. The largest absolute Gasteiger partial charge is 0.508 e. The fourth-order valence-corrected chi connectivity index (χ4v) is 2.74. The molecule has 0 fully saturated rings. The average molecular weight is 296 g/mol. The number of aromatic hydroxyl groups is 1. The Morgan fingerprint density at radius 2 is 1.90 bits per heavy atom. The van der Waals surface area contributed by atoms with Gasteiger partial charge in [-0.1, -0.05) is 35.9 Å². The highest BCUT2D eigenvalue weighted by atomic mass is 35.5. The Morgan fingerprint density at radius 1 is 1.05 bits per heavy atom. The zero-order valence-corrected chi connectivity index (χ0v) is 11.6. The molecular formula is C16H10ClN3O. The van der Waals surface area contributed by atoms with Gasteiger partial charge in [0.1, 0.15) is 5.75 Å². The van der Waals surface area contributed by atoms with Crippen LogP contribution in [0, 0.1) is 0 Å². The third kappa shape index (κ3) is 1.84. The molecule has 4 aromatic rings. The summed E-state index contributed by atoms with van der Waals surface area (Å²) in [5.74, 6) is 0.215. The summed E-state index contributed by atoms with van der Waals surface area (Å²) < 4.78 is 1.96. The number of phenols is 1. The first-order chi connectivity index (χ1) is 10.2. The fourth-order valence-electron chi connectivity index (χ4n) is 2.51. The lowest BCUT2D eigenvalue weighted by molar-refractivity contribution is 0.475. The molecule has 0 aliphatic rings. The molecule has 4 nitrogen and oxygen atoms in total. The Bertz CT molecular complexity index is 978. The van der Waals surface area contributed by atoms with E-state index >= 15 is 0 Å². The number of hydrogen-bond acceptors (Lipinski definition) is 3. The number of aromatic nitrogens is 3. The molecule has 0 unspecified atom stereocenters. The van der Waals surface area contributed by atoms with Gasteiger partial charge in [0.05, 0.1) is 22.9 Å². The molecule has 0 saturated heterocycles. The van der Waals surface area contributed by atoms with Crippen LogP contribution in [0.3, 0.4) is 0 Å². The van der Waals surface area contributed by atoms with E-state index in [1.165, 1.54) is 0 Å². The summed E-state index contributed by atoms with van der Waals surface area (Å²) in [5.41, 5.74) is 4.06. The van der Waals surface area contributed by atoms with Crippen molar-refractivity contribution in [2.24, 2.45) is 0 Å². The third-order valence-electron chi connectivity index (χ3n) is 3.43. The molecule has 2 heterocycles. The number of halogens is 1. The number of para-hydroxylation sites is 2. The first kappa shape index (κ1) is 12.2. The fraction of sp³-hybridized carbons (Fsp3) is 0. The van der Waals surface area contributed by atoms with E-state index in [0.717, 1.165) is 22.3 Å². The van der Waals surface area contributed by atoms with Gasteiger partial charge in [-0.25, -0.2) is 9.97 Å². The van der Waals surface area contributed by atoms with Gasteiger partial charge in [-0.05, 0) is 24.3 Å². The van der Waals surface area contributed by atoms with Crippen LogP contribution in [0.15, 0.2) is 54.7 Å². The van der Waals surface area contributed by atoms with E-state index in [2.05, 4.69) is 9.97 Å². The van der Waals surface area contributed by atoms with Gasteiger partial charge in [0.2, 0.25) is 0 Å². The highest BCUT2D eigenvalue weighted by Gasteiger charge is 2.13. The van der Waals surface area contributed by atoms with Crippen LogP contribution in [0.2, 0.25) is 5.15 Å². The zero-order valence-electron chi connectivity index (χ0n) is 10.9. The van der Waals surface area contributed by atoms with Crippen molar-refractivity contribution in [3.8, 4) is 17.0 Å². The highest BCUT2D eigenvalue weighted by Crippen LogP contribution is 2.29. The second-order valence-electron chi connectivity index (χ2n) is 4.74. The summed E-state index contributed by atoms with van der Waals surface area (Å²) >= 11 is 6.22. The Morgan fingerprint density at radius 3 is 2.76 bits per heavy atom. The van der Waals surface area contributed by atoms with Crippen LogP contribution in [0.4, 0.5) is 0 Å². The second kappa shape index (κ2) is 4.46. The smallest absolute Gasteiger partial charge is 0.175 e. The molecule has 0 saturated carbocycles. The maximum absolute atomic E-state index is 9.68. The third-order valence-corrected chi connectivity index (χ3v) is 3.68. The minimum absolute atomic E-state index is 0.215. The van der Waals surface area contributed by atoms with E-state index in [1.54, 1.807) is 24.4 Å². The molecule has 0 aliphatic carbocycles. The van der Waals surface area contributed by atoms with E-state index in [-0.39, 0.29) is 5.75 Å². The van der Waals surface area contributed by atoms with Crippen LogP contribution in [0.1, 0.15) is 0 Å². The Balaban J connectivity index is 2.16. The molecule has 21 heavy (non-hydrogen) atoms. The van der Waals surface area contributed by atoms with Crippen molar-refractivity contribution < 1.29 is 5.11 Å².